The molecular formula is C4H6NO3S. The maximum Gasteiger partial charge on any atom is 0.313 e. The molecule has 1 aliphatic heterocycles. The van der Waals surface area contributed by atoms with Crippen LogP contribution in [0.25, 0.3) is 0 Å². The Labute approximate surface area is 53.4 Å². The average Bonchev–Trinajstić information content (AvgIpc) is 2.10. The molecule has 0 saturated carbocycles. The van der Waals surface area contributed by atoms with Crippen molar-refractivity contribution >= 4 is 16.2 Å². The van der Waals surface area contributed by atoms with Crippen molar-refractivity contribution in [2.75, 3.05) is 18.2 Å². The van der Waals surface area contributed by atoms with E-state index < -0.39 is 9.84 Å². The third-order valence-corrected chi connectivity index (χ3v) is 2.66. The van der Waals surface area contributed by atoms with E-state index in [0.717, 1.165) is 4.90 Å². The number of amides is 1. The first-order chi connectivity index (χ1) is 4.14. The molecule has 1 aliphatic rings. The standard InChI is InChI=1S/C4H6NO3S/c6-3-5-1-2-9(7,8)4-5/h1-2,4H2. The minimum atomic E-state index is -2.94. The Bertz CT molecular complexity index is 208. The molecule has 0 aromatic heterocycles. The van der Waals surface area contributed by atoms with Crippen LogP contribution in [0.3, 0.4) is 0 Å². The highest BCUT2D eigenvalue weighted by atomic mass is 32.2. The first-order valence-corrected chi connectivity index (χ1v) is 4.29. The summed E-state index contributed by atoms with van der Waals surface area (Å²) >= 11 is 0. The maximum atomic E-state index is 10.6. The number of sulfone groups is 1. The summed E-state index contributed by atoms with van der Waals surface area (Å²) in [4.78, 5) is 11.0. The fourth-order valence-electron chi connectivity index (χ4n) is 0.688. The summed E-state index contributed by atoms with van der Waals surface area (Å²) in [6.45, 7) is 0.297. The molecule has 0 atom stereocenters. The Balaban J connectivity index is 2.68. The molecule has 9 heavy (non-hydrogen) atoms. The van der Waals surface area contributed by atoms with Gasteiger partial charge < -0.3 is 4.90 Å². The summed E-state index contributed by atoms with van der Waals surface area (Å²) in [6, 6.07) is 0. The van der Waals surface area contributed by atoms with Gasteiger partial charge in [-0.3, -0.25) is 4.79 Å². The number of nitrogens with zero attached hydrogens (tertiary/aromatic N) is 1. The first kappa shape index (κ1) is 6.54. The molecule has 4 nitrogen and oxygen atoms in total. The molecular weight excluding hydrogens is 142 g/mol. The summed E-state index contributed by atoms with van der Waals surface area (Å²) in [5, 5.41) is 0. The predicted molar refractivity (Wildman–Crippen MR) is 31.1 cm³/mol. The molecule has 1 saturated heterocycles. The number of carbonyl (C=O) groups excluding carboxylic acids is 1. The van der Waals surface area contributed by atoms with E-state index in [1.807, 2.05) is 0 Å². The lowest BCUT2D eigenvalue weighted by molar-refractivity contribution is 0.449. The van der Waals surface area contributed by atoms with Crippen LogP contribution < -0.4 is 0 Å². The van der Waals surface area contributed by atoms with Gasteiger partial charge in [-0.25, -0.2) is 8.42 Å². The molecule has 1 fully saturated rings. The van der Waals surface area contributed by atoms with Gasteiger partial charge in [-0.05, 0) is 0 Å². The van der Waals surface area contributed by atoms with Crippen LogP contribution in [0.4, 0.5) is 0 Å². The highest BCUT2D eigenvalue weighted by Gasteiger charge is 2.24. The zero-order chi connectivity index (χ0) is 6.91. The van der Waals surface area contributed by atoms with Gasteiger partial charge in [0.05, 0.1) is 5.75 Å². The van der Waals surface area contributed by atoms with Crippen LogP contribution in [0.2, 0.25) is 0 Å². The van der Waals surface area contributed by atoms with E-state index in [9.17, 15) is 13.2 Å². The molecule has 51 valence electrons. The zero-order valence-electron chi connectivity index (χ0n) is 4.70. The van der Waals surface area contributed by atoms with Crippen LogP contribution in [0.15, 0.2) is 0 Å². The Morgan fingerprint density at radius 1 is 1.44 bits per heavy atom. The number of hydrogen-bond donors (Lipinski definition) is 0. The second kappa shape index (κ2) is 1.98. The second-order valence-electron chi connectivity index (χ2n) is 1.93. The molecule has 5 heteroatoms. The lowest BCUT2D eigenvalue weighted by Gasteiger charge is -1.99. The number of rotatable bonds is 1. The molecule has 1 heterocycles. The Morgan fingerprint density at radius 2 is 2.11 bits per heavy atom. The second-order valence-corrected chi connectivity index (χ2v) is 4.09. The van der Waals surface area contributed by atoms with E-state index in [4.69, 9.17) is 0 Å². The van der Waals surface area contributed by atoms with Gasteiger partial charge in [0.15, 0.2) is 9.84 Å². The van der Waals surface area contributed by atoms with Gasteiger partial charge in [0.2, 0.25) is 0 Å². The van der Waals surface area contributed by atoms with Crippen LogP contribution >= 0.6 is 0 Å². The van der Waals surface area contributed by atoms with E-state index >= 15 is 0 Å². The van der Waals surface area contributed by atoms with E-state index in [1.54, 1.807) is 0 Å². The van der Waals surface area contributed by atoms with Crippen molar-refractivity contribution in [2.45, 2.75) is 0 Å². The summed E-state index contributed by atoms with van der Waals surface area (Å²) < 4.78 is 21.2. The SMILES string of the molecule is O=[C]N1CCS(=O)(=O)C1. The molecule has 1 amide bonds. The highest BCUT2D eigenvalue weighted by Crippen LogP contribution is 2.03. The smallest absolute Gasteiger partial charge is 0.313 e. The lowest BCUT2D eigenvalue weighted by Crippen LogP contribution is -2.17. The lowest BCUT2D eigenvalue weighted by atomic mass is 10.7. The summed E-state index contributed by atoms with van der Waals surface area (Å²) in [5.74, 6) is -0.0707. The van der Waals surface area contributed by atoms with Gasteiger partial charge in [-0.15, -0.1) is 0 Å². The molecule has 0 N–H and O–H groups in total. The van der Waals surface area contributed by atoms with Crippen molar-refractivity contribution in [3.8, 4) is 0 Å². The molecule has 1 rings (SSSR count). The van der Waals surface area contributed by atoms with Crippen molar-refractivity contribution in [1.82, 2.24) is 4.90 Å². The Morgan fingerprint density at radius 3 is 2.33 bits per heavy atom. The van der Waals surface area contributed by atoms with Crippen molar-refractivity contribution in [1.29, 1.82) is 0 Å². The summed E-state index contributed by atoms with van der Waals surface area (Å²) in [5.41, 5.74) is 0. The van der Waals surface area contributed by atoms with Crippen LogP contribution in [-0.2, 0) is 14.6 Å². The van der Waals surface area contributed by atoms with E-state index in [-0.39, 0.29) is 11.6 Å². The molecule has 0 spiro atoms. The topological polar surface area (TPSA) is 54.5 Å². The molecule has 0 unspecified atom stereocenters. The highest BCUT2D eigenvalue weighted by molar-refractivity contribution is 7.91. The van der Waals surface area contributed by atoms with Crippen LogP contribution in [-0.4, -0.2) is 37.9 Å². The Hall–Kier alpha value is -0.580. The summed E-state index contributed by atoms with van der Waals surface area (Å²) in [6.07, 6.45) is 1.52. The van der Waals surface area contributed by atoms with Gasteiger partial charge in [0, 0.05) is 6.54 Å². The van der Waals surface area contributed by atoms with Crippen LogP contribution in [0.1, 0.15) is 0 Å². The van der Waals surface area contributed by atoms with Gasteiger partial charge in [0.25, 0.3) is 0 Å². The fourth-order valence-corrected chi connectivity index (χ4v) is 1.97. The van der Waals surface area contributed by atoms with Crippen molar-refractivity contribution < 1.29 is 13.2 Å². The Kier molecular flexibility index (Phi) is 1.44. The van der Waals surface area contributed by atoms with Crippen LogP contribution in [0, 0.1) is 0 Å². The van der Waals surface area contributed by atoms with Crippen molar-refractivity contribution in [3.63, 3.8) is 0 Å². The summed E-state index contributed by atoms with van der Waals surface area (Å²) in [7, 11) is -2.94. The van der Waals surface area contributed by atoms with E-state index in [1.165, 1.54) is 6.41 Å². The minimum Gasteiger partial charge on any atom is -0.319 e. The maximum absolute atomic E-state index is 10.6. The third-order valence-electron chi connectivity index (χ3n) is 1.15. The number of hydrogen-bond acceptors (Lipinski definition) is 3. The average molecular weight is 148 g/mol. The van der Waals surface area contributed by atoms with Crippen molar-refractivity contribution in [2.24, 2.45) is 0 Å². The van der Waals surface area contributed by atoms with E-state index in [2.05, 4.69) is 0 Å². The molecule has 1 radical (unpaired) electrons. The van der Waals surface area contributed by atoms with Crippen LogP contribution in [0.5, 0.6) is 0 Å². The van der Waals surface area contributed by atoms with Gasteiger partial charge in [0.1, 0.15) is 5.88 Å². The molecule has 0 aromatic rings. The first-order valence-electron chi connectivity index (χ1n) is 2.47. The zero-order valence-corrected chi connectivity index (χ0v) is 5.52. The van der Waals surface area contributed by atoms with Gasteiger partial charge in [-0.2, -0.15) is 0 Å². The minimum absolute atomic E-state index is 0.0856. The predicted octanol–water partition coefficient (Wildman–Crippen LogP) is -1.26. The van der Waals surface area contributed by atoms with E-state index in [0.29, 0.717) is 6.54 Å². The van der Waals surface area contributed by atoms with Gasteiger partial charge in [-0.1, -0.05) is 0 Å². The molecule has 0 aliphatic carbocycles. The fraction of sp³-hybridized carbons (Fsp3) is 0.750. The quantitative estimate of drug-likeness (QED) is 0.466. The van der Waals surface area contributed by atoms with Gasteiger partial charge >= 0.3 is 6.41 Å². The normalized spacial score (nSPS) is 24.2. The largest absolute Gasteiger partial charge is 0.319 e. The monoisotopic (exact) mass is 148 g/mol. The third kappa shape index (κ3) is 1.41. The van der Waals surface area contributed by atoms with Crippen molar-refractivity contribution in [3.05, 3.63) is 0 Å². The molecule has 0 bridgehead atoms. The molecule has 0 aromatic carbocycles.